The molecule has 2 atom stereocenters. The molecule has 0 spiro atoms. The van der Waals surface area contributed by atoms with E-state index in [1.165, 1.54) is 15.3 Å². The van der Waals surface area contributed by atoms with Gasteiger partial charge >= 0.3 is 0 Å². The zero-order chi connectivity index (χ0) is 27.7. The first-order chi connectivity index (χ1) is 18.1. The predicted octanol–water partition coefficient (Wildman–Crippen LogP) is 7.83. The second-order valence-corrected chi connectivity index (χ2v) is 10.6. The van der Waals surface area contributed by atoms with E-state index in [0.717, 1.165) is 5.56 Å². The van der Waals surface area contributed by atoms with Gasteiger partial charge in [0.05, 0.1) is 18.1 Å². The van der Waals surface area contributed by atoms with E-state index in [0.29, 0.717) is 54.6 Å². The molecule has 0 saturated heterocycles. The Balaban J connectivity index is 1.69. The van der Waals surface area contributed by atoms with E-state index >= 15 is 0 Å². The lowest BCUT2D eigenvalue weighted by Crippen LogP contribution is -2.30. The van der Waals surface area contributed by atoms with Crippen LogP contribution in [-0.2, 0) is 23.4 Å². The van der Waals surface area contributed by atoms with Gasteiger partial charge in [0.15, 0.2) is 0 Å². The SMILES string of the molecule is CC(CN(CCCOc1cccc(CC(=O)N=O)c1)Cc1cccc(C(F)(F)P)c1Cl)c1cccc(Cl)c1. The van der Waals surface area contributed by atoms with Crippen LogP contribution in [0.15, 0.2) is 71.9 Å². The van der Waals surface area contributed by atoms with Crippen molar-refractivity contribution in [3.8, 4) is 5.75 Å². The summed E-state index contributed by atoms with van der Waals surface area (Å²) in [5.74, 6) is -0.0346. The minimum atomic E-state index is -3.12. The molecule has 0 aliphatic heterocycles. The summed E-state index contributed by atoms with van der Waals surface area (Å²) in [4.78, 5) is 23.8. The van der Waals surface area contributed by atoms with Crippen LogP contribution in [0.5, 0.6) is 5.75 Å². The van der Waals surface area contributed by atoms with Crippen LogP contribution in [0.25, 0.3) is 0 Å². The van der Waals surface area contributed by atoms with E-state index in [9.17, 15) is 18.5 Å². The molecule has 0 fully saturated rings. The highest BCUT2D eigenvalue weighted by Crippen LogP contribution is 2.40. The molecule has 3 rings (SSSR count). The van der Waals surface area contributed by atoms with Crippen molar-refractivity contribution in [2.24, 2.45) is 5.18 Å². The highest BCUT2D eigenvalue weighted by molar-refractivity contribution is 7.17. The molecular weight excluding hydrogens is 552 g/mol. The summed E-state index contributed by atoms with van der Waals surface area (Å²) in [5.41, 5.74) is -1.01. The number of nitroso groups, excluding NO2 is 1. The van der Waals surface area contributed by atoms with Crippen molar-refractivity contribution in [3.63, 3.8) is 0 Å². The molecule has 0 heterocycles. The number of amides is 1. The van der Waals surface area contributed by atoms with Gasteiger partial charge in [-0.25, -0.2) is 0 Å². The Morgan fingerprint density at radius 1 is 1.11 bits per heavy atom. The van der Waals surface area contributed by atoms with Gasteiger partial charge in [0.25, 0.3) is 11.6 Å². The molecule has 3 aromatic carbocycles. The number of rotatable bonds is 13. The molecule has 0 N–H and O–H groups in total. The van der Waals surface area contributed by atoms with Crippen molar-refractivity contribution < 1.29 is 18.3 Å². The maximum atomic E-state index is 14.0. The highest BCUT2D eigenvalue weighted by atomic mass is 35.5. The number of carbonyl (C=O) groups is 1. The molecule has 10 heteroatoms. The fourth-order valence-corrected chi connectivity index (χ4v) is 5.01. The Kier molecular flexibility index (Phi) is 11.2. The Bertz CT molecular complexity index is 1260. The number of benzene rings is 3. The summed E-state index contributed by atoms with van der Waals surface area (Å²) in [6, 6.07) is 19.3. The van der Waals surface area contributed by atoms with Gasteiger partial charge in [0.1, 0.15) is 5.75 Å². The minimum Gasteiger partial charge on any atom is -0.494 e. The molecule has 0 aliphatic carbocycles. The zero-order valence-electron chi connectivity index (χ0n) is 20.9. The van der Waals surface area contributed by atoms with E-state index in [1.807, 2.05) is 24.3 Å². The highest BCUT2D eigenvalue weighted by Gasteiger charge is 2.28. The number of halogens is 4. The van der Waals surface area contributed by atoms with E-state index in [1.54, 1.807) is 36.4 Å². The van der Waals surface area contributed by atoms with Crippen molar-refractivity contribution >= 4 is 38.3 Å². The minimum absolute atomic E-state index is 0.0559. The Labute approximate surface area is 233 Å². The van der Waals surface area contributed by atoms with Crippen LogP contribution in [0.1, 0.15) is 41.5 Å². The third-order valence-corrected chi connectivity index (χ3v) is 7.02. The lowest BCUT2D eigenvalue weighted by molar-refractivity contribution is -0.117. The molecule has 0 radical (unpaired) electrons. The molecule has 0 aromatic heterocycles. The first-order valence-electron chi connectivity index (χ1n) is 12.1. The van der Waals surface area contributed by atoms with Gasteiger partial charge in [-0.15, -0.1) is 4.91 Å². The molecule has 1 amide bonds. The summed E-state index contributed by atoms with van der Waals surface area (Å²) in [5, 5.41) is 3.13. The normalized spacial score (nSPS) is 12.4. The van der Waals surface area contributed by atoms with Crippen LogP contribution in [0.4, 0.5) is 8.78 Å². The standard InChI is InChI=1S/C28H29Cl2F2N2O3P/c1-19(21-7-3-9-23(29)16-21)17-34(18-22-8-4-11-25(27(22)30)28(31,32)38)12-5-13-37-24-10-2-6-20(14-24)15-26(35)33-36/h2-4,6-11,14,16,19H,5,12-13,15,17-18,38H2,1H3. The quantitative estimate of drug-likeness (QED) is 0.117. The topological polar surface area (TPSA) is 59.0 Å². The number of ether oxygens (including phenoxy) is 1. The fourth-order valence-electron chi connectivity index (χ4n) is 4.17. The molecular formula is C28H29Cl2F2N2O3P. The smallest absolute Gasteiger partial charge is 0.290 e. The number of nitrogens with zero attached hydrogens (tertiary/aromatic N) is 2. The van der Waals surface area contributed by atoms with Crippen molar-refractivity contribution in [1.82, 2.24) is 4.90 Å². The maximum absolute atomic E-state index is 14.0. The zero-order valence-corrected chi connectivity index (χ0v) is 23.5. The van der Waals surface area contributed by atoms with Crippen LogP contribution < -0.4 is 4.74 Å². The Morgan fingerprint density at radius 3 is 2.55 bits per heavy atom. The third kappa shape index (κ3) is 9.09. The first-order valence-corrected chi connectivity index (χ1v) is 13.4. The molecule has 2 unspecified atom stereocenters. The Morgan fingerprint density at radius 2 is 1.84 bits per heavy atom. The van der Waals surface area contributed by atoms with Gasteiger partial charge in [0.2, 0.25) is 0 Å². The summed E-state index contributed by atoms with van der Waals surface area (Å²) in [7, 11) is 1.54. The maximum Gasteiger partial charge on any atom is 0.290 e. The fraction of sp³-hybridized carbons (Fsp3) is 0.321. The monoisotopic (exact) mass is 580 g/mol. The van der Waals surface area contributed by atoms with Gasteiger partial charge in [-0.1, -0.05) is 81.8 Å². The summed E-state index contributed by atoms with van der Waals surface area (Å²) < 4.78 is 33.9. The van der Waals surface area contributed by atoms with Crippen molar-refractivity contribution in [2.45, 2.75) is 37.9 Å². The van der Waals surface area contributed by atoms with Crippen LogP contribution in [0.2, 0.25) is 10.0 Å². The molecule has 0 bridgehead atoms. The number of alkyl halides is 2. The van der Waals surface area contributed by atoms with E-state index in [2.05, 4.69) is 17.0 Å². The second-order valence-electron chi connectivity index (χ2n) is 9.10. The molecule has 5 nitrogen and oxygen atoms in total. The van der Waals surface area contributed by atoms with Gasteiger partial charge in [-0.2, -0.15) is 8.78 Å². The van der Waals surface area contributed by atoms with E-state index in [4.69, 9.17) is 27.9 Å². The number of carbonyl (C=O) groups excluding carboxylic acids is 1. The third-order valence-electron chi connectivity index (χ3n) is 6.02. The van der Waals surface area contributed by atoms with E-state index in [-0.39, 0.29) is 22.9 Å². The summed E-state index contributed by atoms with van der Waals surface area (Å²) in [6.07, 6.45) is 0.573. The average Bonchev–Trinajstić information content (AvgIpc) is 2.87. The van der Waals surface area contributed by atoms with Crippen LogP contribution in [-0.4, -0.2) is 30.5 Å². The van der Waals surface area contributed by atoms with Crippen LogP contribution >= 0.6 is 32.4 Å². The lowest BCUT2D eigenvalue weighted by atomic mass is 10.00. The van der Waals surface area contributed by atoms with Gasteiger partial charge in [-0.3, -0.25) is 9.69 Å². The molecule has 202 valence electrons. The van der Waals surface area contributed by atoms with E-state index < -0.39 is 11.6 Å². The van der Waals surface area contributed by atoms with Crippen molar-refractivity contribution in [3.05, 3.63) is 104 Å². The first kappa shape index (κ1) is 30.1. The van der Waals surface area contributed by atoms with Crippen LogP contribution in [0, 0.1) is 4.91 Å². The van der Waals surface area contributed by atoms with Crippen LogP contribution in [0.3, 0.4) is 0 Å². The van der Waals surface area contributed by atoms with Gasteiger partial charge in [-0.05, 0) is 53.3 Å². The number of hydrogen-bond donors (Lipinski definition) is 0. The molecule has 3 aromatic rings. The number of hydrogen-bond acceptors (Lipinski definition) is 4. The van der Waals surface area contributed by atoms with Crippen molar-refractivity contribution in [2.75, 3.05) is 19.7 Å². The Hall–Kier alpha value is -2.44. The largest absolute Gasteiger partial charge is 0.494 e. The predicted molar refractivity (Wildman–Crippen MR) is 151 cm³/mol. The van der Waals surface area contributed by atoms with Crippen molar-refractivity contribution in [1.29, 1.82) is 0 Å². The molecule has 0 saturated carbocycles. The molecule has 38 heavy (non-hydrogen) atoms. The second kappa shape index (κ2) is 14.1. The lowest BCUT2D eigenvalue weighted by Gasteiger charge is -2.27. The molecule has 0 aliphatic rings. The van der Waals surface area contributed by atoms with Gasteiger partial charge in [0, 0.05) is 35.4 Å². The summed E-state index contributed by atoms with van der Waals surface area (Å²) >= 11 is 12.6. The summed E-state index contributed by atoms with van der Waals surface area (Å²) in [6.45, 7) is 4.13. The average molecular weight is 581 g/mol. The van der Waals surface area contributed by atoms with Gasteiger partial charge < -0.3 is 4.74 Å².